The Kier molecular flexibility index (Phi) is 8.73. The minimum atomic E-state index is -5.13. The zero-order chi connectivity index (χ0) is 31.0. The van der Waals surface area contributed by atoms with E-state index < -0.39 is 46.6 Å². The molecule has 0 aliphatic carbocycles. The topological polar surface area (TPSA) is 55.2 Å². The van der Waals surface area contributed by atoms with Crippen LogP contribution in [0.25, 0.3) is 16.6 Å². The molecule has 0 saturated heterocycles. The van der Waals surface area contributed by atoms with Crippen molar-refractivity contribution >= 4 is 28.4 Å². The summed E-state index contributed by atoms with van der Waals surface area (Å²) in [5.41, 5.74) is -3.78. The van der Waals surface area contributed by atoms with Crippen molar-refractivity contribution in [2.75, 3.05) is 6.54 Å². The maximum Gasteiger partial charge on any atom is 0.416 e. The summed E-state index contributed by atoms with van der Waals surface area (Å²) in [6.07, 6.45) is -9.88. The molecule has 3 aromatic carbocycles. The largest absolute Gasteiger partial charge is 0.416 e. The van der Waals surface area contributed by atoms with Crippen LogP contribution in [0.5, 0.6) is 0 Å². The maximum atomic E-state index is 13.8. The van der Waals surface area contributed by atoms with E-state index in [0.29, 0.717) is 34.8 Å². The summed E-state index contributed by atoms with van der Waals surface area (Å²) in [7, 11) is 0. The van der Waals surface area contributed by atoms with Crippen LogP contribution in [0.1, 0.15) is 60.5 Å². The minimum absolute atomic E-state index is 0.0260. The van der Waals surface area contributed by atoms with Crippen molar-refractivity contribution in [3.63, 3.8) is 0 Å². The number of hydrogen-bond acceptors (Lipinski definition) is 3. The highest BCUT2D eigenvalue weighted by Gasteiger charge is 2.38. The Morgan fingerprint density at radius 2 is 1.48 bits per heavy atom. The number of aromatic nitrogens is 2. The third-order valence-electron chi connectivity index (χ3n) is 6.77. The zero-order valence-electron chi connectivity index (χ0n) is 22.7. The molecule has 4 aromatic rings. The van der Waals surface area contributed by atoms with Crippen molar-refractivity contribution in [1.29, 1.82) is 0 Å². The van der Waals surface area contributed by atoms with Crippen molar-refractivity contribution in [3.05, 3.63) is 105 Å². The summed E-state index contributed by atoms with van der Waals surface area (Å²) in [5.74, 6) is -0.964. The van der Waals surface area contributed by atoms with Crippen molar-refractivity contribution in [1.82, 2.24) is 14.5 Å². The van der Waals surface area contributed by atoms with Crippen LogP contribution in [0, 0.1) is 5.92 Å². The second-order valence-electron chi connectivity index (χ2n) is 10.3. The number of carbonyl (C=O) groups excluding carboxylic acids is 1. The van der Waals surface area contributed by atoms with Crippen LogP contribution in [-0.4, -0.2) is 26.9 Å². The second kappa shape index (κ2) is 11.8. The summed E-state index contributed by atoms with van der Waals surface area (Å²) in [4.78, 5) is 33.3. The summed E-state index contributed by atoms with van der Waals surface area (Å²) >= 11 is 6.04. The SMILES string of the molecule is CC(C)CCN(C(=O)c1cc(C(F)(F)F)cc(C(F)(F)F)c1)C(C)c1nc2ccccc2c(=O)n1-c1ccc(Cl)cc1. The highest BCUT2D eigenvalue weighted by atomic mass is 35.5. The molecule has 0 aliphatic heterocycles. The third kappa shape index (κ3) is 6.61. The fourth-order valence-corrected chi connectivity index (χ4v) is 4.65. The highest BCUT2D eigenvalue weighted by Crippen LogP contribution is 2.37. The standard InChI is InChI=1S/C30H26ClF6N3O2/c1-17(2)12-13-39(27(41)19-14-20(29(32,33)34)16-21(15-19)30(35,36)37)18(3)26-38-25-7-5-4-6-24(25)28(42)40(26)23-10-8-22(31)9-11-23/h4-11,14-18H,12-13H2,1-3H3. The average Bonchev–Trinajstić information content (AvgIpc) is 2.92. The predicted molar refractivity (Wildman–Crippen MR) is 148 cm³/mol. The summed E-state index contributed by atoms with van der Waals surface area (Å²) in [5, 5.41) is 0.671. The van der Waals surface area contributed by atoms with Crippen LogP contribution in [0.4, 0.5) is 26.3 Å². The number of rotatable bonds is 7. The molecule has 0 saturated carbocycles. The molecule has 0 bridgehead atoms. The highest BCUT2D eigenvalue weighted by molar-refractivity contribution is 6.30. The Morgan fingerprint density at radius 1 is 0.905 bits per heavy atom. The number of nitrogens with zero attached hydrogens (tertiary/aromatic N) is 3. The van der Waals surface area contributed by atoms with Gasteiger partial charge in [0, 0.05) is 17.1 Å². The Morgan fingerprint density at radius 3 is 2.02 bits per heavy atom. The lowest BCUT2D eigenvalue weighted by Crippen LogP contribution is -2.38. The van der Waals surface area contributed by atoms with E-state index in [-0.39, 0.29) is 29.7 Å². The summed E-state index contributed by atoms with van der Waals surface area (Å²) in [6.45, 7) is 5.21. The first-order chi connectivity index (χ1) is 19.6. The van der Waals surface area contributed by atoms with E-state index in [9.17, 15) is 35.9 Å². The zero-order valence-corrected chi connectivity index (χ0v) is 23.5. The van der Waals surface area contributed by atoms with Gasteiger partial charge in [0.25, 0.3) is 11.5 Å². The fraction of sp³-hybridized carbons (Fsp3) is 0.300. The molecule has 4 rings (SSSR count). The van der Waals surface area contributed by atoms with Crippen LogP contribution in [-0.2, 0) is 12.4 Å². The van der Waals surface area contributed by atoms with E-state index in [2.05, 4.69) is 4.98 Å². The molecular formula is C30H26ClF6N3O2. The van der Waals surface area contributed by atoms with Crippen molar-refractivity contribution in [2.45, 2.75) is 45.6 Å². The first-order valence-corrected chi connectivity index (χ1v) is 13.3. The van der Waals surface area contributed by atoms with E-state index >= 15 is 0 Å². The number of halogens is 7. The molecule has 0 N–H and O–H groups in total. The molecule has 5 nitrogen and oxygen atoms in total. The monoisotopic (exact) mass is 609 g/mol. The van der Waals surface area contributed by atoms with Gasteiger partial charge in [-0.1, -0.05) is 37.6 Å². The lowest BCUT2D eigenvalue weighted by molar-refractivity contribution is -0.143. The lowest BCUT2D eigenvalue weighted by atomic mass is 10.0. The molecule has 0 radical (unpaired) electrons. The van der Waals surface area contributed by atoms with Gasteiger partial charge in [0.2, 0.25) is 0 Å². The quantitative estimate of drug-likeness (QED) is 0.198. The van der Waals surface area contributed by atoms with E-state index in [0.717, 1.165) is 4.90 Å². The van der Waals surface area contributed by atoms with Gasteiger partial charge in [0.15, 0.2) is 0 Å². The molecule has 1 heterocycles. The normalized spacial score (nSPS) is 13.0. The summed E-state index contributed by atoms with van der Waals surface area (Å²) in [6, 6.07) is 12.5. The molecule has 222 valence electrons. The van der Waals surface area contributed by atoms with Gasteiger partial charge >= 0.3 is 12.4 Å². The van der Waals surface area contributed by atoms with Crippen molar-refractivity contribution < 1.29 is 31.1 Å². The van der Waals surface area contributed by atoms with Crippen molar-refractivity contribution in [3.8, 4) is 5.69 Å². The van der Waals surface area contributed by atoms with Crippen LogP contribution in [0.2, 0.25) is 5.02 Å². The van der Waals surface area contributed by atoms with E-state index in [4.69, 9.17) is 11.6 Å². The molecule has 42 heavy (non-hydrogen) atoms. The molecular weight excluding hydrogens is 584 g/mol. The first-order valence-electron chi connectivity index (χ1n) is 13.0. The van der Waals surface area contributed by atoms with Gasteiger partial charge < -0.3 is 4.90 Å². The average molecular weight is 610 g/mol. The Bertz CT molecular complexity index is 1630. The predicted octanol–water partition coefficient (Wildman–Crippen LogP) is 8.33. The smallest absolute Gasteiger partial charge is 0.329 e. The number of alkyl halides is 6. The van der Waals surface area contributed by atoms with Gasteiger partial charge in [-0.05, 0) is 73.9 Å². The number of benzene rings is 3. The molecule has 1 amide bonds. The van der Waals surface area contributed by atoms with Crippen molar-refractivity contribution in [2.24, 2.45) is 5.92 Å². The Hall–Kier alpha value is -3.86. The van der Waals surface area contributed by atoms with Crippen LogP contribution in [0.15, 0.2) is 71.5 Å². The lowest BCUT2D eigenvalue weighted by Gasteiger charge is -2.31. The molecule has 0 fully saturated rings. The number of fused-ring (bicyclic) bond motifs is 1. The number of amides is 1. The molecule has 1 aromatic heterocycles. The molecule has 0 spiro atoms. The fourth-order valence-electron chi connectivity index (χ4n) is 4.52. The number of hydrogen-bond donors (Lipinski definition) is 0. The van der Waals surface area contributed by atoms with Gasteiger partial charge in [-0.2, -0.15) is 26.3 Å². The molecule has 1 atom stereocenters. The van der Waals surface area contributed by atoms with Gasteiger partial charge in [0.05, 0.1) is 33.8 Å². The number of para-hydroxylation sites is 1. The molecule has 12 heteroatoms. The maximum absolute atomic E-state index is 13.8. The summed E-state index contributed by atoms with van der Waals surface area (Å²) < 4.78 is 82.8. The van der Waals surface area contributed by atoms with E-state index in [1.807, 2.05) is 13.8 Å². The van der Waals surface area contributed by atoms with Gasteiger partial charge in [0.1, 0.15) is 5.82 Å². The van der Waals surface area contributed by atoms with Gasteiger partial charge in [-0.15, -0.1) is 0 Å². The molecule has 0 aliphatic rings. The van der Waals surface area contributed by atoms with E-state index in [1.54, 1.807) is 48.5 Å². The molecule has 1 unspecified atom stereocenters. The van der Waals surface area contributed by atoms with Crippen LogP contribution >= 0.6 is 11.6 Å². The Labute approximate surface area is 242 Å². The third-order valence-corrected chi connectivity index (χ3v) is 7.02. The Balaban J connectivity index is 1.93. The van der Waals surface area contributed by atoms with Crippen LogP contribution < -0.4 is 5.56 Å². The number of carbonyl (C=O) groups is 1. The van der Waals surface area contributed by atoms with Gasteiger partial charge in [-0.25, -0.2) is 4.98 Å². The van der Waals surface area contributed by atoms with Crippen LogP contribution in [0.3, 0.4) is 0 Å². The second-order valence-corrected chi connectivity index (χ2v) is 10.7. The first kappa shape index (κ1) is 31.1. The minimum Gasteiger partial charge on any atom is -0.329 e. The van der Waals surface area contributed by atoms with E-state index in [1.165, 1.54) is 11.5 Å². The van der Waals surface area contributed by atoms with Gasteiger partial charge in [-0.3, -0.25) is 14.2 Å².